The number of aromatic nitrogens is 4. The van der Waals surface area contributed by atoms with Gasteiger partial charge >= 0.3 is 0 Å². The summed E-state index contributed by atoms with van der Waals surface area (Å²) < 4.78 is 1.37. The zero-order valence-electron chi connectivity index (χ0n) is 14.5. The van der Waals surface area contributed by atoms with Gasteiger partial charge in [0, 0.05) is 29.9 Å². The van der Waals surface area contributed by atoms with E-state index in [2.05, 4.69) is 51.6 Å². The van der Waals surface area contributed by atoms with Crippen LogP contribution in [0.15, 0.2) is 47.4 Å². The first kappa shape index (κ1) is 16.7. The molecule has 0 radical (unpaired) electrons. The summed E-state index contributed by atoms with van der Waals surface area (Å²) in [5.74, 6) is 0. The monoisotopic (exact) mass is 365 g/mol. The molecule has 0 fully saturated rings. The van der Waals surface area contributed by atoms with Gasteiger partial charge in [-0.05, 0) is 24.5 Å². The van der Waals surface area contributed by atoms with Gasteiger partial charge in [-0.2, -0.15) is 4.52 Å². The number of fused-ring (bicyclic) bond motifs is 2. The third-order valence-corrected chi connectivity index (χ3v) is 5.06. The minimum Gasteiger partial charge on any atom is -0.360 e. The second kappa shape index (κ2) is 7.21. The first-order valence-corrected chi connectivity index (χ1v) is 9.52. The maximum absolute atomic E-state index is 12.2. The molecule has 1 aromatic carbocycles. The number of rotatable bonds is 6. The highest BCUT2D eigenvalue weighted by atomic mass is 32.1. The highest BCUT2D eigenvalue weighted by Crippen LogP contribution is 2.19. The number of hydrogen-bond acceptors (Lipinski definition) is 6. The first-order valence-electron chi connectivity index (χ1n) is 8.71. The molecule has 7 heteroatoms. The lowest BCUT2D eigenvalue weighted by atomic mass is 10.1. The molecule has 0 saturated heterocycles. The Morgan fingerprint density at radius 3 is 2.96 bits per heavy atom. The molecule has 1 N–H and O–H groups in total. The third-order valence-electron chi connectivity index (χ3n) is 4.19. The molecule has 4 rings (SSSR count). The highest BCUT2D eigenvalue weighted by molar-refractivity contribution is 7.20. The molecular formula is C19H19N5OS. The van der Waals surface area contributed by atoms with E-state index in [1.54, 1.807) is 6.07 Å². The molecule has 0 aliphatic rings. The van der Waals surface area contributed by atoms with Gasteiger partial charge in [0.05, 0.1) is 5.52 Å². The molecule has 0 unspecified atom stereocenters. The molecule has 132 valence electrons. The fourth-order valence-corrected chi connectivity index (χ4v) is 3.83. The zero-order valence-corrected chi connectivity index (χ0v) is 15.3. The van der Waals surface area contributed by atoms with Crippen molar-refractivity contribution < 1.29 is 0 Å². The Morgan fingerprint density at radius 2 is 2.08 bits per heavy atom. The van der Waals surface area contributed by atoms with Gasteiger partial charge in [-0.1, -0.05) is 48.9 Å². The largest absolute Gasteiger partial charge is 0.360 e. The molecule has 3 aromatic heterocycles. The van der Waals surface area contributed by atoms with Crippen molar-refractivity contribution in [1.82, 2.24) is 19.6 Å². The molecule has 4 aromatic rings. The predicted molar refractivity (Wildman–Crippen MR) is 105 cm³/mol. The molecule has 0 aliphatic carbocycles. The van der Waals surface area contributed by atoms with Crippen molar-refractivity contribution in [2.75, 3.05) is 11.9 Å². The summed E-state index contributed by atoms with van der Waals surface area (Å²) in [7, 11) is 0. The molecule has 0 spiro atoms. The van der Waals surface area contributed by atoms with Crippen LogP contribution in [0.1, 0.15) is 24.6 Å². The van der Waals surface area contributed by atoms with Gasteiger partial charge in [0.25, 0.3) is 5.56 Å². The van der Waals surface area contributed by atoms with E-state index in [-0.39, 0.29) is 5.56 Å². The molecule has 0 saturated carbocycles. The molecule has 0 amide bonds. The molecule has 0 aliphatic heterocycles. The van der Waals surface area contributed by atoms with Gasteiger partial charge in [-0.3, -0.25) is 9.78 Å². The normalized spacial score (nSPS) is 11.3. The Morgan fingerprint density at radius 1 is 1.19 bits per heavy atom. The maximum Gasteiger partial charge on any atom is 0.275 e. The highest BCUT2D eigenvalue weighted by Gasteiger charge is 2.09. The summed E-state index contributed by atoms with van der Waals surface area (Å²) in [5, 5.41) is 9.49. The Bertz CT molecular complexity index is 1110. The van der Waals surface area contributed by atoms with Crippen LogP contribution in [0.5, 0.6) is 0 Å². The number of benzene rings is 1. The third kappa shape index (κ3) is 3.30. The predicted octanol–water partition coefficient (Wildman–Crippen LogP) is 3.31. The van der Waals surface area contributed by atoms with Crippen molar-refractivity contribution in [2.24, 2.45) is 0 Å². The Hall–Kier alpha value is -2.80. The lowest BCUT2D eigenvalue weighted by Crippen LogP contribution is -2.15. The summed E-state index contributed by atoms with van der Waals surface area (Å²) in [5.41, 5.74) is 2.93. The van der Waals surface area contributed by atoms with E-state index in [0.29, 0.717) is 16.6 Å². The fourth-order valence-electron chi connectivity index (χ4n) is 2.99. The van der Waals surface area contributed by atoms with E-state index in [1.165, 1.54) is 21.4 Å². The van der Waals surface area contributed by atoms with Crippen LogP contribution in [-0.4, -0.2) is 26.1 Å². The van der Waals surface area contributed by atoms with Gasteiger partial charge in [-0.15, -0.1) is 5.10 Å². The van der Waals surface area contributed by atoms with Crippen molar-refractivity contribution in [1.29, 1.82) is 0 Å². The van der Waals surface area contributed by atoms with Crippen molar-refractivity contribution >= 4 is 32.3 Å². The van der Waals surface area contributed by atoms with Crippen LogP contribution in [0, 0.1) is 0 Å². The van der Waals surface area contributed by atoms with E-state index in [9.17, 15) is 4.79 Å². The Kier molecular flexibility index (Phi) is 4.62. The SMILES string of the molecule is CCCc1cc(=O)n2nc(NCCc3cccc4cccnc34)sc2n1. The number of para-hydroxylation sites is 1. The van der Waals surface area contributed by atoms with Crippen LogP contribution in [0.4, 0.5) is 5.13 Å². The maximum atomic E-state index is 12.2. The number of nitrogens with one attached hydrogen (secondary N) is 1. The van der Waals surface area contributed by atoms with E-state index in [4.69, 9.17) is 0 Å². The van der Waals surface area contributed by atoms with E-state index < -0.39 is 0 Å². The Labute approximate surface area is 154 Å². The second-order valence-electron chi connectivity index (χ2n) is 6.11. The number of aryl methyl sites for hydroxylation is 1. The molecule has 26 heavy (non-hydrogen) atoms. The van der Waals surface area contributed by atoms with E-state index in [1.807, 2.05) is 12.3 Å². The van der Waals surface area contributed by atoms with Crippen LogP contribution in [0.3, 0.4) is 0 Å². The van der Waals surface area contributed by atoms with Crippen LogP contribution in [-0.2, 0) is 12.8 Å². The van der Waals surface area contributed by atoms with Crippen molar-refractivity contribution in [3.05, 3.63) is 64.2 Å². The fraction of sp³-hybridized carbons (Fsp3) is 0.263. The Balaban J connectivity index is 1.51. The molecule has 0 bridgehead atoms. The van der Waals surface area contributed by atoms with Crippen LogP contribution < -0.4 is 10.9 Å². The topological polar surface area (TPSA) is 72.2 Å². The average Bonchev–Trinajstić information content (AvgIpc) is 3.06. The average molecular weight is 365 g/mol. The smallest absolute Gasteiger partial charge is 0.275 e. The van der Waals surface area contributed by atoms with Gasteiger partial charge in [0.2, 0.25) is 10.1 Å². The summed E-state index contributed by atoms with van der Waals surface area (Å²) in [6.45, 7) is 2.79. The minimum atomic E-state index is -0.124. The lowest BCUT2D eigenvalue weighted by molar-refractivity contribution is 0.839. The summed E-state index contributed by atoms with van der Waals surface area (Å²) >= 11 is 1.40. The molecule has 6 nitrogen and oxygen atoms in total. The summed E-state index contributed by atoms with van der Waals surface area (Å²) in [6.07, 6.45) is 4.42. The van der Waals surface area contributed by atoms with Crippen molar-refractivity contribution in [3.63, 3.8) is 0 Å². The second-order valence-corrected chi connectivity index (χ2v) is 7.06. The van der Waals surface area contributed by atoms with Gasteiger partial charge in [0.1, 0.15) is 0 Å². The minimum absolute atomic E-state index is 0.124. The summed E-state index contributed by atoms with van der Waals surface area (Å²) in [6, 6.07) is 11.8. The summed E-state index contributed by atoms with van der Waals surface area (Å²) in [4.78, 5) is 21.8. The van der Waals surface area contributed by atoms with Crippen molar-refractivity contribution in [3.8, 4) is 0 Å². The van der Waals surface area contributed by atoms with Gasteiger partial charge < -0.3 is 5.32 Å². The first-order chi connectivity index (χ1) is 12.7. The van der Waals surface area contributed by atoms with Crippen molar-refractivity contribution in [2.45, 2.75) is 26.2 Å². The quantitative estimate of drug-likeness (QED) is 0.567. The van der Waals surface area contributed by atoms with Gasteiger partial charge in [-0.25, -0.2) is 4.98 Å². The molecule has 0 atom stereocenters. The van der Waals surface area contributed by atoms with E-state index in [0.717, 1.165) is 35.9 Å². The number of nitrogens with zero attached hydrogens (tertiary/aromatic N) is 4. The number of hydrogen-bond donors (Lipinski definition) is 1. The standard InChI is InChI=1S/C19H19N5OS/c1-2-5-15-12-16(25)24-19(22-15)26-18(23-24)21-11-9-14-7-3-6-13-8-4-10-20-17(13)14/h3-4,6-8,10,12H,2,5,9,11H2,1H3,(H,21,23). The van der Waals surface area contributed by atoms with Crippen LogP contribution in [0.2, 0.25) is 0 Å². The number of pyridine rings is 1. The lowest BCUT2D eigenvalue weighted by Gasteiger charge is -2.06. The van der Waals surface area contributed by atoms with Gasteiger partial charge in [0.15, 0.2) is 0 Å². The molecular weight excluding hydrogens is 346 g/mol. The van der Waals surface area contributed by atoms with Crippen LogP contribution >= 0.6 is 11.3 Å². The molecule has 3 heterocycles. The van der Waals surface area contributed by atoms with E-state index >= 15 is 0 Å². The zero-order chi connectivity index (χ0) is 17.9. The number of anilines is 1. The van der Waals surface area contributed by atoms with Crippen LogP contribution in [0.25, 0.3) is 15.9 Å².